The number of esters is 4. The second-order valence-corrected chi connectivity index (χ2v) is 12.0. The Balaban J connectivity index is 1.62. The van der Waals surface area contributed by atoms with Crippen LogP contribution in [0.5, 0.6) is 34.5 Å². The molecule has 264 valence electrons. The minimum absolute atomic E-state index is 0.0971. The van der Waals surface area contributed by atoms with Crippen molar-refractivity contribution in [3.63, 3.8) is 0 Å². The largest absolute Gasteiger partial charge is 0.508 e. The molecule has 0 aliphatic carbocycles. The third-order valence-electron chi connectivity index (χ3n) is 8.03. The van der Waals surface area contributed by atoms with Gasteiger partial charge < -0.3 is 43.4 Å². The summed E-state index contributed by atoms with van der Waals surface area (Å²) in [5, 5.41) is 20.2. The molecule has 3 saturated heterocycles. The predicted molar refractivity (Wildman–Crippen MR) is 179 cm³/mol. The normalized spacial score (nSPS) is 23.3. The molecule has 3 aliphatic heterocycles. The van der Waals surface area contributed by atoms with E-state index in [2.05, 4.69) is 0 Å². The zero-order valence-electron chi connectivity index (χ0n) is 27.9. The van der Waals surface area contributed by atoms with E-state index in [0.717, 1.165) is 25.2 Å². The van der Waals surface area contributed by atoms with E-state index in [1.165, 1.54) is 66.8 Å². The van der Waals surface area contributed by atoms with Crippen LogP contribution in [-0.4, -0.2) is 70.7 Å². The first kappa shape index (κ1) is 35.1. The molecular weight excluding hydrogens is 664 g/mol. The summed E-state index contributed by atoms with van der Waals surface area (Å²) in [7, 11) is 0. The van der Waals surface area contributed by atoms with Gasteiger partial charge in [-0.2, -0.15) is 0 Å². The molecule has 3 aromatic carbocycles. The molecule has 0 bridgehead atoms. The molecule has 3 heterocycles. The Labute approximate surface area is 292 Å². The van der Waals surface area contributed by atoms with Crippen molar-refractivity contribution in [3.8, 4) is 56.8 Å². The molecule has 6 atom stereocenters. The average molecular weight is 699 g/mol. The summed E-state index contributed by atoms with van der Waals surface area (Å²) in [5.41, 5.74) is 0.120. The van der Waals surface area contributed by atoms with E-state index < -0.39 is 35.4 Å². The van der Waals surface area contributed by atoms with Gasteiger partial charge in [0.1, 0.15) is 29.8 Å². The SMILES string of the molecule is CC(=O)Oc1c(OC(=O)C=CC2OC2C)c(-c2ccc(O)cc2)c(OC(=O)C=CC2OC2C)c(OC(=O)C=CC2OC2C)c1-c1ccc(O)cc1. The van der Waals surface area contributed by atoms with Crippen molar-refractivity contribution < 1.29 is 62.5 Å². The molecule has 6 rings (SSSR count). The number of ether oxygens (including phenoxy) is 7. The van der Waals surface area contributed by atoms with E-state index in [9.17, 15) is 29.4 Å². The van der Waals surface area contributed by atoms with Gasteiger partial charge in [-0.3, -0.25) is 4.79 Å². The van der Waals surface area contributed by atoms with Gasteiger partial charge in [-0.25, -0.2) is 14.4 Å². The van der Waals surface area contributed by atoms with Crippen LogP contribution in [0, 0.1) is 0 Å². The summed E-state index contributed by atoms with van der Waals surface area (Å²) < 4.78 is 39.5. The third-order valence-corrected chi connectivity index (χ3v) is 8.03. The molecule has 3 aliphatic rings. The molecule has 0 aromatic heterocycles. The molecule has 0 saturated carbocycles. The monoisotopic (exact) mass is 698 g/mol. The molecule has 3 aromatic rings. The Morgan fingerprint density at radius 1 is 0.529 bits per heavy atom. The smallest absolute Gasteiger partial charge is 0.336 e. The fourth-order valence-electron chi connectivity index (χ4n) is 5.11. The number of hydrogen-bond acceptors (Lipinski definition) is 13. The van der Waals surface area contributed by atoms with Gasteiger partial charge in [-0.05, 0) is 74.4 Å². The Bertz CT molecular complexity index is 1940. The van der Waals surface area contributed by atoms with Gasteiger partial charge in [0.25, 0.3) is 0 Å². The third kappa shape index (κ3) is 8.70. The van der Waals surface area contributed by atoms with Crippen molar-refractivity contribution in [1.29, 1.82) is 0 Å². The number of phenols is 2. The number of aromatic hydroxyl groups is 2. The highest BCUT2D eigenvalue weighted by Gasteiger charge is 2.36. The standard InChI is InChI=1S/C38H34O13/c1-19-27(45-19)13-16-30(42)49-36-34(24-7-11-26(41)12-8-24)38(51-32(44)18-15-29-21(3)47-29)37(50-31(43)17-14-28-20(2)46-28)33(35(36)48-22(4)39)23-5-9-25(40)10-6-23/h5-21,27-29,40-41H,1-4H3. The Kier molecular flexibility index (Phi) is 10.1. The molecule has 6 unspecified atom stereocenters. The van der Waals surface area contributed by atoms with Gasteiger partial charge in [0, 0.05) is 25.2 Å². The van der Waals surface area contributed by atoms with Crippen LogP contribution >= 0.6 is 0 Å². The van der Waals surface area contributed by atoms with E-state index in [0.29, 0.717) is 0 Å². The fraction of sp³-hybridized carbons (Fsp3) is 0.263. The van der Waals surface area contributed by atoms with E-state index in [-0.39, 0.29) is 81.9 Å². The minimum atomic E-state index is -0.917. The van der Waals surface area contributed by atoms with E-state index in [1.807, 2.05) is 20.8 Å². The lowest BCUT2D eigenvalue weighted by Gasteiger charge is -2.24. The van der Waals surface area contributed by atoms with E-state index >= 15 is 0 Å². The van der Waals surface area contributed by atoms with Crippen molar-refractivity contribution in [3.05, 3.63) is 85.0 Å². The quantitative estimate of drug-likeness (QED) is 0.110. The molecule has 3 fully saturated rings. The maximum atomic E-state index is 13.5. The number of carbonyl (C=O) groups is 4. The lowest BCUT2D eigenvalue weighted by atomic mass is 9.94. The Morgan fingerprint density at radius 2 is 0.804 bits per heavy atom. The summed E-state index contributed by atoms with van der Waals surface area (Å²) >= 11 is 0. The van der Waals surface area contributed by atoms with Crippen LogP contribution < -0.4 is 18.9 Å². The topological polar surface area (TPSA) is 183 Å². The summed E-state index contributed by atoms with van der Waals surface area (Å²) in [6, 6.07) is 11.0. The van der Waals surface area contributed by atoms with Crippen molar-refractivity contribution >= 4 is 23.9 Å². The second-order valence-electron chi connectivity index (χ2n) is 12.0. The fourth-order valence-corrected chi connectivity index (χ4v) is 5.11. The lowest BCUT2D eigenvalue weighted by molar-refractivity contribution is -0.133. The number of benzene rings is 3. The van der Waals surface area contributed by atoms with Crippen molar-refractivity contribution in [1.82, 2.24) is 0 Å². The maximum Gasteiger partial charge on any atom is 0.336 e. The van der Waals surface area contributed by atoms with Crippen LogP contribution in [0.3, 0.4) is 0 Å². The highest BCUT2D eigenvalue weighted by molar-refractivity contribution is 6.01. The van der Waals surface area contributed by atoms with Gasteiger partial charge in [-0.1, -0.05) is 24.3 Å². The molecular formula is C38H34O13. The van der Waals surface area contributed by atoms with Gasteiger partial charge in [0.15, 0.2) is 23.0 Å². The van der Waals surface area contributed by atoms with Gasteiger partial charge >= 0.3 is 23.9 Å². The highest BCUT2D eigenvalue weighted by atomic mass is 16.6. The molecule has 0 spiro atoms. The first-order chi connectivity index (χ1) is 24.4. The maximum absolute atomic E-state index is 13.5. The molecule has 0 radical (unpaired) electrons. The summed E-state index contributed by atoms with van der Waals surface area (Å²) in [6.45, 7) is 6.59. The number of hydrogen-bond donors (Lipinski definition) is 2. The molecule has 51 heavy (non-hydrogen) atoms. The Hall–Kier alpha value is -5.76. The predicted octanol–water partition coefficient (Wildman–Crippen LogP) is 5.10. The van der Waals surface area contributed by atoms with Crippen LogP contribution in [0.2, 0.25) is 0 Å². The van der Waals surface area contributed by atoms with E-state index in [1.54, 1.807) is 0 Å². The first-order valence-electron chi connectivity index (χ1n) is 16.1. The number of carbonyl (C=O) groups excluding carboxylic acids is 4. The summed E-state index contributed by atoms with van der Waals surface area (Å²) in [6.07, 6.45) is 6.67. The van der Waals surface area contributed by atoms with Crippen LogP contribution in [0.1, 0.15) is 27.7 Å². The number of rotatable bonds is 12. The van der Waals surface area contributed by atoms with Gasteiger partial charge in [0.05, 0.1) is 29.4 Å². The van der Waals surface area contributed by atoms with Crippen LogP contribution in [0.25, 0.3) is 22.3 Å². The summed E-state index contributed by atoms with van der Waals surface area (Å²) in [4.78, 5) is 53.0. The van der Waals surface area contributed by atoms with Gasteiger partial charge in [-0.15, -0.1) is 0 Å². The van der Waals surface area contributed by atoms with Crippen molar-refractivity contribution in [2.75, 3.05) is 0 Å². The first-order valence-corrected chi connectivity index (χ1v) is 16.1. The van der Waals surface area contributed by atoms with Crippen molar-refractivity contribution in [2.45, 2.75) is 64.3 Å². The van der Waals surface area contributed by atoms with Crippen LogP contribution in [0.4, 0.5) is 0 Å². The number of epoxide rings is 3. The molecule has 2 N–H and O–H groups in total. The van der Waals surface area contributed by atoms with Crippen LogP contribution in [-0.2, 0) is 33.4 Å². The van der Waals surface area contributed by atoms with Crippen molar-refractivity contribution in [2.24, 2.45) is 0 Å². The average Bonchev–Trinajstić information content (AvgIpc) is 4.04. The highest BCUT2D eigenvalue weighted by Crippen LogP contribution is 2.57. The zero-order valence-corrected chi connectivity index (χ0v) is 27.9. The van der Waals surface area contributed by atoms with Gasteiger partial charge in [0.2, 0.25) is 0 Å². The Morgan fingerprint density at radius 3 is 1.06 bits per heavy atom. The second kappa shape index (κ2) is 14.6. The molecule has 13 nitrogen and oxygen atoms in total. The zero-order chi connectivity index (χ0) is 36.4. The van der Waals surface area contributed by atoms with Crippen LogP contribution in [0.15, 0.2) is 85.0 Å². The minimum Gasteiger partial charge on any atom is -0.508 e. The lowest BCUT2D eigenvalue weighted by Crippen LogP contribution is -2.16. The summed E-state index contributed by atoms with van der Waals surface area (Å²) in [5.74, 6) is -5.38. The van der Waals surface area contributed by atoms with E-state index in [4.69, 9.17) is 33.2 Å². The number of phenolic OH excluding ortho intramolecular Hbond substituents is 2. The molecule has 0 amide bonds. The molecule has 13 heteroatoms.